The van der Waals surface area contributed by atoms with Crippen LogP contribution in [0.2, 0.25) is 0 Å². The Bertz CT molecular complexity index is 900. The molecule has 0 bridgehead atoms. The number of likely N-dealkylation sites (N-methyl/N-ethyl adjacent to an activating group) is 1. The molecule has 1 fully saturated rings. The van der Waals surface area contributed by atoms with Crippen LogP contribution in [0.1, 0.15) is 48.0 Å². The number of rotatable bonds is 3. The molecule has 2 aliphatic carbocycles. The van der Waals surface area contributed by atoms with Gasteiger partial charge in [0.15, 0.2) is 0 Å². The smallest absolute Gasteiger partial charge is 0.454 e. The Morgan fingerprint density at radius 3 is 2.64 bits per heavy atom. The number of carbonyl (C=O) groups excluding carboxylic acids is 2. The second kappa shape index (κ2) is 7.97. The Morgan fingerprint density at radius 1 is 1.14 bits per heavy atom. The Kier molecular flexibility index (Phi) is 5.24. The predicted octanol–water partition coefficient (Wildman–Crippen LogP) is 3.22. The molecule has 1 unspecified atom stereocenters. The minimum Gasteiger partial charge on any atom is -0.465 e. The first-order valence-corrected chi connectivity index (χ1v) is 9.91. The fraction of sp³-hybridized carbons (Fsp3) is 0.348. The van der Waals surface area contributed by atoms with Crippen molar-refractivity contribution in [1.82, 2.24) is 5.32 Å². The van der Waals surface area contributed by atoms with Crippen molar-refractivity contribution in [2.24, 2.45) is 0 Å². The van der Waals surface area contributed by atoms with Crippen molar-refractivity contribution in [2.75, 3.05) is 7.05 Å². The van der Waals surface area contributed by atoms with Gasteiger partial charge in [0.25, 0.3) is 5.91 Å². The van der Waals surface area contributed by atoms with E-state index in [2.05, 4.69) is 5.32 Å². The first-order valence-electron chi connectivity index (χ1n) is 9.91. The average molecular weight is 377 g/mol. The van der Waals surface area contributed by atoms with Crippen LogP contribution in [0.4, 0.5) is 0 Å². The van der Waals surface area contributed by atoms with Crippen LogP contribution in [-0.4, -0.2) is 41.3 Å². The van der Waals surface area contributed by atoms with E-state index >= 15 is 0 Å². The summed E-state index contributed by atoms with van der Waals surface area (Å²) < 4.78 is 7.49. The number of allylic oxidation sites excluding steroid dienone is 2. The van der Waals surface area contributed by atoms with Gasteiger partial charge in [0.2, 0.25) is 17.6 Å². The molecule has 0 spiro atoms. The molecular formula is C23H25N2O3+. The Hall–Kier alpha value is -2.95. The number of hydrogen-bond acceptors (Lipinski definition) is 3. The van der Waals surface area contributed by atoms with Crippen molar-refractivity contribution in [3.63, 3.8) is 0 Å². The second-order valence-corrected chi connectivity index (χ2v) is 7.51. The van der Waals surface area contributed by atoms with Gasteiger partial charge in [0.05, 0.1) is 0 Å². The molecule has 0 saturated heterocycles. The zero-order valence-corrected chi connectivity index (χ0v) is 16.1. The number of benzene rings is 1. The molecule has 0 aromatic heterocycles. The number of nitrogens with one attached hydrogen (secondary N) is 1. The number of amides is 2. The molecule has 1 N–H and O–H groups in total. The maximum Gasteiger partial charge on any atom is 0.454 e. The van der Waals surface area contributed by atoms with Crippen LogP contribution in [-0.2, 0) is 9.53 Å². The topological polar surface area (TPSA) is 58.4 Å². The van der Waals surface area contributed by atoms with Gasteiger partial charge in [-0.15, -0.1) is 0 Å². The fourth-order valence-electron chi connectivity index (χ4n) is 3.88. The molecule has 144 valence electrons. The molecule has 0 radical (unpaired) electrons. The lowest BCUT2D eigenvalue weighted by molar-refractivity contribution is -0.424. The maximum absolute atomic E-state index is 12.6. The second-order valence-electron chi connectivity index (χ2n) is 7.51. The Morgan fingerprint density at radius 2 is 1.89 bits per heavy atom. The minimum atomic E-state index is -0.250. The van der Waals surface area contributed by atoms with E-state index in [1.807, 2.05) is 36.4 Å². The van der Waals surface area contributed by atoms with E-state index < -0.39 is 0 Å². The van der Waals surface area contributed by atoms with Gasteiger partial charge in [0.1, 0.15) is 7.05 Å². The molecule has 3 aliphatic rings. The molecular weight excluding hydrogens is 352 g/mol. The highest BCUT2D eigenvalue weighted by Crippen LogP contribution is 2.21. The molecule has 1 saturated carbocycles. The van der Waals surface area contributed by atoms with Gasteiger partial charge < -0.3 is 10.1 Å². The SMILES string of the molecule is C[N+]1=C2C=CC=CC2O/C(=C\c2ccc(C(=O)NC3CCCCC3)cc2)C1=O. The first-order chi connectivity index (χ1) is 13.6. The van der Waals surface area contributed by atoms with E-state index in [0.29, 0.717) is 11.3 Å². The van der Waals surface area contributed by atoms with E-state index in [0.717, 1.165) is 24.1 Å². The molecule has 28 heavy (non-hydrogen) atoms. The molecule has 5 nitrogen and oxygen atoms in total. The van der Waals surface area contributed by atoms with E-state index in [-0.39, 0.29) is 24.0 Å². The van der Waals surface area contributed by atoms with Crippen molar-refractivity contribution >= 4 is 23.6 Å². The minimum absolute atomic E-state index is 0.0331. The molecule has 1 aliphatic heterocycles. The van der Waals surface area contributed by atoms with E-state index in [9.17, 15) is 9.59 Å². The largest absolute Gasteiger partial charge is 0.465 e. The molecule has 1 aromatic rings. The quantitative estimate of drug-likeness (QED) is 0.650. The highest BCUT2D eigenvalue weighted by Gasteiger charge is 2.37. The third-order valence-electron chi connectivity index (χ3n) is 5.52. The van der Waals surface area contributed by atoms with Gasteiger partial charge in [-0.3, -0.25) is 4.79 Å². The lowest BCUT2D eigenvalue weighted by Crippen LogP contribution is -2.40. The Labute approximate surface area is 165 Å². The highest BCUT2D eigenvalue weighted by molar-refractivity contribution is 6.05. The highest BCUT2D eigenvalue weighted by atomic mass is 16.5. The zero-order valence-electron chi connectivity index (χ0n) is 16.1. The van der Waals surface area contributed by atoms with Gasteiger partial charge in [-0.1, -0.05) is 43.5 Å². The number of fused-ring (bicyclic) bond motifs is 1. The Balaban J connectivity index is 1.47. The molecule has 4 rings (SSSR count). The van der Waals surface area contributed by atoms with Crippen LogP contribution in [0.15, 0.2) is 54.3 Å². The molecule has 1 aromatic carbocycles. The third kappa shape index (κ3) is 3.84. The summed E-state index contributed by atoms with van der Waals surface area (Å²) in [5.41, 5.74) is 2.29. The average Bonchev–Trinajstić information content (AvgIpc) is 2.73. The molecule has 1 atom stereocenters. The van der Waals surface area contributed by atoms with E-state index in [1.54, 1.807) is 29.8 Å². The van der Waals surface area contributed by atoms with Gasteiger partial charge in [-0.05, 0) is 42.7 Å². The van der Waals surface area contributed by atoms with Crippen LogP contribution >= 0.6 is 0 Å². The van der Waals surface area contributed by atoms with Crippen molar-refractivity contribution in [3.05, 3.63) is 65.5 Å². The molecule has 1 heterocycles. The number of carbonyl (C=O) groups is 2. The van der Waals surface area contributed by atoms with Gasteiger partial charge in [0, 0.05) is 17.7 Å². The van der Waals surface area contributed by atoms with Gasteiger partial charge >= 0.3 is 5.91 Å². The van der Waals surface area contributed by atoms with Crippen molar-refractivity contribution in [3.8, 4) is 0 Å². The van der Waals surface area contributed by atoms with Crippen LogP contribution in [0.5, 0.6) is 0 Å². The zero-order chi connectivity index (χ0) is 19.5. The van der Waals surface area contributed by atoms with Crippen molar-refractivity contribution < 1.29 is 18.9 Å². The maximum atomic E-state index is 12.6. The first kappa shape index (κ1) is 18.4. The summed E-state index contributed by atoms with van der Waals surface area (Å²) in [6.45, 7) is 0. The van der Waals surface area contributed by atoms with Crippen LogP contribution in [0.25, 0.3) is 6.08 Å². The monoisotopic (exact) mass is 377 g/mol. The van der Waals surface area contributed by atoms with Gasteiger partial charge in [-0.2, -0.15) is 4.58 Å². The standard InChI is InChI=1S/C23H24N2O3/c1-25-19-9-5-6-10-20(19)28-21(23(25)27)15-16-11-13-17(14-12-16)22(26)24-18-7-3-2-4-8-18/h5-6,9-15,18,20H,2-4,7-8H2,1H3/p+1/b21-15-. The summed E-state index contributed by atoms with van der Waals surface area (Å²) in [7, 11) is 1.75. The number of hydrogen-bond donors (Lipinski definition) is 1. The third-order valence-corrected chi connectivity index (χ3v) is 5.52. The molecule has 5 heteroatoms. The summed E-state index contributed by atoms with van der Waals surface area (Å²) in [6, 6.07) is 7.56. The van der Waals surface area contributed by atoms with E-state index in [1.165, 1.54) is 19.3 Å². The van der Waals surface area contributed by atoms with Crippen LogP contribution in [0, 0.1) is 0 Å². The van der Waals surface area contributed by atoms with E-state index in [4.69, 9.17) is 4.74 Å². The molecule has 2 amide bonds. The number of nitrogens with zero attached hydrogens (tertiary/aromatic N) is 1. The van der Waals surface area contributed by atoms with Crippen molar-refractivity contribution in [2.45, 2.75) is 44.2 Å². The summed E-state index contributed by atoms with van der Waals surface area (Å²) in [6.07, 6.45) is 14.8. The van der Waals surface area contributed by atoms with Crippen LogP contribution in [0.3, 0.4) is 0 Å². The van der Waals surface area contributed by atoms with Crippen molar-refractivity contribution in [1.29, 1.82) is 0 Å². The van der Waals surface area contributed by atoms with Gasteiger partial charge in [-0.25, -0.2) is 4.79 Å². The summed E-state index contributed by atoms with van der Waals surface area (Å²) in [5.74, 6) is 0.0927. The summed E-state index contributed by atoms with van der Waals surface area (Å²) in [4.78, 5) is 25.0. The predicted molar refractivity (Wildman–Crippen MR) is 108 cm³/mol. The lowest BCUT2D eigenvalue weighted by atomic mass is 9.95. The lowest BCUT2D eigenvalue weighted by Gasteiger charge is -2.22. The summed E-state index contributed by atoms with van der Waals surface area (Å²) >= 11 is 0. The summed E-state index contributed by atoms with van der Waals surface area (Å²) in [5, 5.41) is 3.12. The van der Waals surface area contributed by atoms with Crippen LogP contribution < -0.4 is 5.32 Å². The normalized spacial score (nSPS) is 23.5. The fourth-order valence-corrected chi connectivity index (χ4v) is 3.88. The number of ether oxygens (including phenoxy) is 1.